The van der Waals surface area contributed by atoms with Gasteiger partial charge in [0.2, 0.25) is 0 Å². The summed E-state index contributed by atoms with van der Waals surface area (Å²) in [5.74, 6) is -0.224. The van der Waals surface area contributed by atoms with Crippen molar-refractivity contribution >= 4 is 11.7 Å². The van der Waals surface area contributed by atoms with Crippen LogP contribution in [0.2, 0.25) is 0 Å². The molecule has 0 fully saturated rings. The molecule has 1 unspecified atom stereocenters. The molecule has 0 radical (unpaired) electrons. The first-order valence-corrected chi connectivity index (χ1v) is 5.98. The van der Waals surface area contributed by atoms with E-state index in [1.165, 1.54) is 19.2 Å². The van der Waals surface area contributed by atoms with Gasteiger partial charge in [0.1, 0.15) is 0 Å². The molecular weight excluding hydrogens is 250 g/mol. The van der Waals surface area contributed by atoms with Crippen LogP contribution in [-0.2, 0) is 16.0 Å². The highest BCUT2D eigenvalue weighted by molar-refractivity contribution is 5.73. The molecule has 6 heteroatoms. The Morgan fingerprint density at radius 3 is 2.68 bits per heavy atom. The van der Waals surface area contributed by atoms with Crippen molar-refractivity contribution in [3.8, 4) is 5.75 Å². The summed E-state index contributed by atoms with van der Waals surface area (Å²) in [5.41, 5.74) is 0.386. The summed E-state index contributed by atoms with van der Waals surface area (Å²) in [4.78, 5) is 21.6. The fourth-order valence-corrected chi connectivity index (χ4v) is 1.45. The molecule has 0 saturated carbocycles. The quantitative estimate of drug-likeness (QED) is 0.449. The summed E-state index contributed by atoms with van der Waals surface area (Å²) in [5, 5.41) is 11.0. The van der Waals surface area contributed by atoms with Crippen molar-refractivity contribution in [3.05, 3.63) is 33.9 Å². The molecule has 0 N–H and O–H groups in total. The van der Waals surface area contributed by atoms with Crippen LogP contribution in [0.3, 0.4) is 0 Å². The molecule has 0 spiro atoms. The lowest BCUT2D eigenvalue weighted by molar-refractivity contribution is -0.386. The van der Waals surface area contributed by atoms with Gasteiger partial charge in [-0.05, 0) is 25.0 Å². The van der Waals surface area contributed by atoms with Crippen LogP contribution < -0.4 is 4.74 Å². The van der Waals surface area contributed by atoms with Crippen molar-refractivity contribution in [2.45, 2.75) is 32.8 Å². The Morgan fingerprint density at radius 1 is 1.47 bits per heavy atom. The first kappa shape index (κ1) is 14.9. The van der Waals surface area contributed by atoms with Crippen LogP contribution in [0.25, 0.3) is 0 Å². The van der Waals surface area contributed by atoms with Gasteiger partial charge in [0.25, 0.3) is 0 Å². The van der Waals surface area contributed by atoms with Crippen molar-refractivity contribution in [2.75, 3.05) is 7.11 Å². The SMILES string of the molecule is CCC(C)Oc1ccc(CC(=O)OC)cc1[N+](=O)[O-]. The Morgan fingerprint density at radius 2 is 2.16 bits per heavy atom. The summed E-state index contributed by atoms with van der Waals surface area (Å²) >= 11 is 0. The Bertz CT molecular complexity index is 472. The first-order chi connectivity index (χ1) is 8.97. The van der Waals surface area contributed by atoms with E-state index in [-0.39, 0.29) is 24.0 Å². The smallest absolute Gasteiger partial charge is 0.311 e. The zero-order chi connectivity index (χ0) is 14.4. The molecule has 0 bridgehead atoms. The molecular formula is C13H17NO5. The Labute approximate surface area is 111 Å². The van der Waals surface area contributed by atoms with Crippen molar-refractivity contribution in [2.24, 2.45) is 0 Å². The molecule has 6 nitrogen and oxygen atoms in total. The minimum atomic E-state index is -0.515. The summed E-state index contributed by atoms with van der Waals surface area (Å²) in [6.07, 6.45) is 0.646. The molecule has 0 aliphatic heterocycles. The number of hydrogen-bond acceptors (Lipinski definition) is 5. The average Bonchev–Trinajstić information content (AvgIpc) is 2.39. The molecule has 1 aromatic carbocycles. The normalized spacial score (nSPS) is 11.7. The predicted octanol–water partition coefficient (Wildman–Crippen LogP) is 2.49. The van der Waals surface area contributed by atoms with E-state index in [2.05, 4.69) is 4.74 Å². The van der Waals surface area contributed by atoms with Gasteiger partial charge >= 0.3 is 11.7 Å². The van der Waals surface area contributed by atoms with Gasteiger partial charge in [-0.2, -0.15) is 0 Å². The number of benzene rings is 1. The lowest BCUT2D eigenvalue weighted by Crippen LogP contribution is -2.11. The van der Waals surface area contributed by atoms with Gasteiger partial charge in [-0.25, -0.2) is 0 Å². The Kier molecular flexibility index (Phi) is 5.29. The van der Waals surface area contributed by atoms with E-state index in [1.807, 2.05) is 13.8 Å². The molecule has 0 heterocycles. The number of nitro groups is 1. The maximum Gasteiger partial charge on any atom is 0.311 e. The minimum absolute atomic E-state index is 0.000944. The highest BCUT2D eigenvalue weighted by atomic mass is 16.6. The van der Waals surface area contributed by atoms with Gasteiger partial charge in [0.15, 0.2) is 5.75 Å². The molecule has 19 heavy (non-hydrogen) atoms. The number of carbonyl (C=O) groups is 1. The number of methoxy groups -OCH3 is 1. The third-order valence-corrected chi connectivity index (χ3v) is 2.70. The average molecular weight is 267 g/mol. The maximum absolute atomic E-state index is 11.1. The number of nitro benzene ring substituents is 1. The zero-order valence-corrected chi connectivity index (χ0v) is 11.2. The summed E-state index contributed by atoms with van der Waals surface area (Å²) in [6, 6.07) is 4.48. The van der Waals surface area contributed by atoms with Crippen LogP contribution in [0.5, 0.6) is 5.75 Å². The van der Waals surface area contributed by atoms with E-state index >= 15 is 0 Å². The molecule has 0 aromatic heterocycles. The maximum atomic E-state index is 11.1. The third kappa shape index (κ3) is 4.24. The van der Waals surface area contributed by atoms with Crippen LogP contribution in [0.15, 0.2) is 18.2 Å². The fraction of sp³-hybridized carbons (Fsp3) is 0.462. The van der Waals surface area contributed by atoms with Crippen LogP contribution >= 0.6 is 0 Å². The predicted molar refractivity (Wildman–Crippen MR) is 69.2 cm³/mol. The zero-order valence-electron chi connectivity index (χ0n) is 11.2. The first-order valence-electron chi connectivity index (χ1n) is 5.98. The summed E-state index contributed by atoms with van der Waals surface area (Å²) < 4.78 is 10.0. The number of carbonyl (C=O) groups excluding carboxylic acids is 1. The van der Waals surface area contributed by atoms with Crippen molar-refractivity contribution in [1.82, 2.24) is 0 Å². The second-order valence-corrected chi connectivity index (χ2v) is 4.15. The van der Waals surface area contributed by atoms with E-state index < -0.39 is 10.9 Å². The van der Waals surface area contributed by atoms with Crippen LogP contribution in [0, 0.1) is 10.1 Å². The fourth-order valence-electron chi connectivity index (χ4n) is 1.45. The highest BCUT2D eigenvalue weighted by Crippen LogP contribution is 2.29. The number of nitrogens with zero attached hydrogens (tertiary/aromatic N) is 1. The lowest BCUT2D eigenvalue weighted by Gasteiger charge is -2.13. The number of rotatable bonds is 6. The van der Waals surface area contributed by atoms with E-state index in [4.69, 9.17) is 4.74 Å². The third-order valence-electron chi connectivity index (χ3n) is 2.70. The van der Waals surface area contributed by atoms with E-state index in [1.54, 1.807) is 6.07 Å². The van der Waals surface area contributed by atoms with Crippen LogP contribution in [0.1, 0.15) is 25.8 Å². The summed E-state index contributed by atoms with van der Waals surface area (Å²) in [6.45, 7) is 3.77. The van der Waals surface area contributed by atoms with Gasteiger partial charge in [0, 0.05) is 6.07 Å². The van der Waals surface area contributed by atoms with E-state index in [0.717, 1.165) is 6.42 Å². The van der Waals surface area contributed by atoms with E-state index in [9.17, 15) is 14.9 Å². The molecule has 1 rings (SSSR count). The molecule has 0 amide bonds. The van der Waals surface area contributed by atoms with Crippen LogP contribution in [-0.4, -0.2) is 24.1 Å². The van der Waals surface area contributed by atoms with Crippen molar-refractivity contribution < 1.29 is 19.2 Å². The largest absolute Gasteiger partial charge is 0.484 e. The van der Waals surface area contributed by atoms with Gasteiger partial charge < -0.3 is 9.47 Å². The second-order valence-electron chi connectivity index (χ2n) is 4.15. The number of hydrogen-bond donors (Lipinski definition) is 0. The Hall–Kier alpha value is -2.11. The minimum Gasteiger partial charge on any atom is -0.484 e. The number of esters is 1. The molecule has 104 valence electrons. The standard InChI is InChI=1S/C13H17NO5/c1-4-9(2)19-12-6-5-10(8-13(15)18-3)7-11(12)14(16)17/h5-7,9H,4,8H2,1-3H3. The van der Waals surface area contributed by atoms with Crippen molar-refractivity contribution in [3.63, 3.8) is 0 Å². The molecule has 0 saturated heterocycles. The van der Waals surface area contributed by atoms with Gasteiger partial charge in [0.05, 0.1) is 24.6 Å². The number of ether oxygens (including phenoxy) is 2. The monoisotopic (exact) mass is 267 g/mol. The van der Waals surface area contributed by atoms with Gasteiger partial charge in [-0.15, -0.1) is 0 Å². The summed E-state index contributed by atoms with van der Waals surface area (Å²) in [7, 11) is 1.27. The molecule has 1 atom stereocenters. The van der Waals surface area contributed by atoms with Gasteiger partial charge in [-0.3, -0.25) is 14.9 Å². The van der Waals surface area contributed by atoms with Crippen molar-refractivity contribution in [1.29, 1.82) is 0 Å². The molecule has 1 aromatic rings. The highest BCUT2D eigenvalue weighted by Gasteiger charge is 2.18. The molecule has 0 aliphatic rings. The lowest BCUT2D eigenvalue weighted by atomic mass is 10.1. The molecule has 0 aliphatic carbocycles. The van der Waals surface area contributed by atoms with Crippen LogP contribution in [0.4, 0.5) is 5.69 Å². The van der Waals surface area contributed by atoms with Gasteiger partial charge in [-0.1, -0.05) is 13.0 Å². The van der Waals surface area contributed by atoms with E-state index in [0.29, 0.717) is 5.56 Å². The second kappa shape index (κ2) is 6.72. The topological polar surface area (TPSA) is 78.7 Å². The Balaban J connectivity index is 3.01.